The van der Waals surface area contributed by atoms with E-state index in [1.54, 1.807) is 19.9 Å². The predicted molar refractivity (Wildman–Crippen MR) is 53.7 cm³/mol. The zero-order chi connectivity index (χ0) is 10.7. The van der Waals surface area contributed by atoms with Gasteiger partial charge in [0.25, 0.3) is 0 Å². The van der Waals surface area contributed by atoms with E-state index in [1.165, 1.54) is 18.2 Å². The van der Waals surface area contributed by atoms with Crippen LogP contribution < -0.4 is 0 Å². The molecule has 0 heterocycles. The summed E-state index contributed by atoms with van der Waals surface area (Å²) in [6.45, 7) is 3.42. The summed E-state index contributed by atoms with van der Waals surface area (Å²) in [5.74, 6) is -0.779. The second-order valence-electron chi connectivity index (χ2n) is 3.04. The number of carbonyl (C=O) groups is 1. The van der Waals surface area contributed by atoms with Crippen molar-refractivity contribution in [1.29, 1.82) is 0 Å². The molecule has 3 nitrogen and oxygen atoms in total. The molecule has 1 aromatic carbocycles. The number of carbonyl (C=O) groups excluding carboxylic acids is 1. The van der Waals surface area contributed by atoms with Gasteiger partial charge in [-0.25, -0.2) is 0 Å². The van der Waals surface area contributed by atoms with Gasteiger partial charge in [-0.15, -0.1) is 0 Å². The van der Waals surface area contributed by atoms with E-state index in [2.05, 4.69) is 0 Å². The van der Waals surface area contributed by atoms with E-state index in [-0.39, 0.29) is 17.1 Å². The molecule has 0 unspecified atom stereocenters. The highest BCUT2D eigenvalue weighted by Crippen LogP contribution is 2.29. The number of aryl methyl sites for hydroxylation is 1. The molecule has 0 bridgehead atoms. The number of phenols is 2. The first-order chi connectivity index (χ1) is 6.56. The lowest BCUT2D eigenvalue weighted by atomic mass is 10.1. The number of allylic oxidation sites excluding steroid dienone is 2. The van der Waals surface area contributed by atoms with Gasteiger partial charge in [0.05, 0.1) is 0 Å². The summed E-state index contributed by atoms with van der Waals surface area (Å²) in [4.78, 5) is 11.4. The van der Waals surface area contributed by atoms with Gasteiger partial charge in [0, 0.05) is 0 Å². The Morgan fingerprint density at radius 3 is 2.21 bits per heavy atom. The monoisotopic (exact) mass is 192 g/mol. The molecule has 0 spiro atoms. The van der Waals surface area contributed by atoms with Crippen LogP contribution in [0, 0.1) is 6.92 Å². The van der Waals surface area contributed by atoms with Gasteiger partial charge in [0.2, 0.25) is 0 Å². The first-order valence-corrected chi connectivity index (χ1v) is 4.26. The third-order valence-electron chi connectivity index (χ3n) is 1.81. The van der Waals surface area contributed by atoms with Gasteiger partial charge in [-0.2, -0.15) is 0 Å². The molecular weight excluding hydrogens is 180 g/mol. The maximum absolute atomic E-state index is 11.4. The standard InChI is InChI=1S/C11H12O3/c1-3-4-8(12)11-9(13)5-7(2)6-10(11)14/h3-6,13-14H,1-2H3/b4-3+. The third-order valence-corrected chi connectivity index (χ3v) is 1.81. The van der Waals surface area contributed by atoms with E-state index >= 15 is 0 Å². The Bertz CT molecular complexity index is 369. The van der Waals surface area contributed by atoms with Gasteiger partial charge >= 0.3 is 0 Å². The van der Waals surface area contributed by atoms with Crippen LogP contribution in [0.1, 0.15) is 22.8 Å². The van der Waals surface area contributed by atoms with Crippen LogP contribution in [0.2, 0.25) is 0 Å². The lowest BCUT2D eigenvalue weighted by molar-refractivity contribution is 0.104. The molecule has 2 N–H and O–H groups in total. The van der Waals surface area contributed by atoms with Gasteiger partial charge < -0.3 is 10.2 Å². The first-order valence-electron chi connectivity index (χ1n) is 4.26. The maximum atomic E-state index is 11.4. The first kappa shape index (κ1) is 10.3. The maximum Gasteiger partial charge on any atom is 0.192 e. The fourth-order valence-electron chi connectivity index (χ4n) is 1.24. The molecule has 0 amide bonds. The number of hydrogen-bond donors (Lipinski definition) is 2. The molecule has 0 aromatic heterocycles. The van der Waals surface area contributed by atoms with Crippen LogP contribution in [-0.4, -0.2) is 16.0 Å². The molecule has 0 aliphatic carbocycles. The van der Waals surface area contributed by atoms with E-state index in [0.717, 1.165) is 0 Å². The van der Waals surface area contributed by atoms with Gasteiger partial charge in [0.1, 0.15) is 17.1 Å². The molecule has 1 rings (SSSR count). The zero-order valence-corrected chi connectivity index (χ0v) is 8.11. The Morgan fingerprint density at radius 1 is 1.29 bits per heavy atom. The van der Waals surface area contributed by atoms with Crippen LogP contribution in [0.15, 0.2) is 24.3 Å². The molecule has 14 heavy (non-hydrogen) atoms. The molecular formula is C11H12O3. The summed E-state index contributed by atoms with van der Waals surface area (Å²) < 4.78 is 0. The molecule has 3 heteroatoms. The van der Waals surface area contributed by atoms with Gasteiger partial charge in [-0.3, -0.25) is 4.79 Å². The fourth-order valence-corrected chi connectivity index (χ4v) is 1.24. The fraction of sp³-hybridized carbons (Fsp3) is 0.182. The van der Waals surface area contributed by atoms with Crippen LogP contribution >= 0.6 is 0 Å². The van der Waals surface area contributed by atoms with Crippen molar-refractivity contribution < 1.29 is 15.0 Å². The summed E-state index contributed by atoms with van der Waals surface area (Å²) in [7, 11) is 0. The van der Waals surface area contributed by atoms with Crippen molar-refractivity contribution in [1.82, 2.24) is 0 Å². The van der Waals surface area contributed by atoms with Crippen LogP contribution in [0.5, 0.6) is 11.5 Å². The molecule has 0 fully saturated rings. The summed E-state index contributed by atoms with van der Waals surface area (Å²) in [6.07, 6.45) is 2.85. The van der Waals surface area contributed by atoms with Crippen LogP contribution in [0.4, 0.5) is 0 Å². The molecule has 0 saturated carbocycles. The Hall–Kier alpha value is -1.77. The van der Waals surface area contributed by atoms with Gasteiger partial charge in [-0.1, -0.05) is 6.08 Å². The topological polar surface area (TPSA) is 57.5 Å². The van der Waals surface area contributed by atoms with Crippen molar-refractivity contribution >= 4 is 5.78 Å². The van der Waals surface area contributed by atoms with Crippen molar-refractivity contribution in [3.05, 3.63) is 35.4 Å². The Labute approximate surface area is 82.3 Å². The lowest BCUT2D eigenvalue weighted by Gasteiger charge is -2.04. The van der Waals surface area contributed by atoms with E-state index < -0.39 is 5.78 Å². The molecule has 0 radical (unpaired) electrons. The smallest absolute Gasteiger partial charge is 0.192 e. The zero-order valence-electron chi connectivity index (χ0n) is 8.11. The summed E-state index contributed by atoms with van der Waals surface area (Å²) >= 11 is 0. The molecule has 0 aliphatic heterocycles. The number of aromatic hydroxyl groups is 2. The van der Waals surface area contributed by atoms with Gasteiger partial charge in [-0.05, 0) is 37.6 Å². The van der Waals surface area contributed by atoms with Crippen molar-refractivity contribution in [3.63, 3.8) is 0 Å². The number of hydrogen-bond acceptors (Lipinski definition) is 3. The largest absolute Gasteiger partial charge is 0.507 e. The van der Waals surface area contributed by atoms with Crippen LogP contribution in [0.25, 0.3) is 0 Å². The number of rotatable bonds is 2. The lowest BCUT2D eigenvalue weighted by Crippen LogP contribution is -1.96. The van der Waals surface area contributed by atoms with Crippen molar-refractivity contribution in [3.8, 4) is 11.5 Å². The quantitative estimate of drug-likeness (QED) is 0.557. The Kier molecular flexibility index (Phi) is 2.92. The predicted octanol–water partition coefficient (Wildman–Crippen LogP) is 2.17. The van der Waals surface area contributed by atoms with Crippen molar-refractivity contribution in [2.24, 2.45) is 0 Å². The van der Waals surface area contributed by atoms with E-state index in [1.807, 2.05) is 0 Å². The minimum Gasteiger partial charge on any atom is -0.507 e. The molecule has 0 saturated heterocycles. The molecule has 74 valence electrons. The highest BCUT2D eigenvalue weighted by atomic mass is 16.3. The minimum atomic E-state index is -0.400. The third kappa shape index (κ3) is 1.93. The normalized spacial score (nSPS) is 10.7. The van der Waals surface area contributed by atoms with Crippen molar-refractivity contribution in [2.75, 3.05) is 0 Å². The van der Waals surface area contributed by atoms with E-state index in [9.17, 15) is 15.0 Å². The minimum absolute atomic E-state index is 0.0475. The molecule has 0 aliphatic rings. The second kappa shape index (κ2) is 3.96. The average molecular weight is 192 g/mol. The van der Waals surface area contributed by atoms with E-state index in [0.29, 0.717) is 5.56 Å². The van der Waals surface area contributed by atoms with E-state index in [4.69, 9.17) is 0 Å². The summed E-state index contributed by atoms with van der Waals surface area (Å²) in [5, 5.41) is 18.9. The SMILES string of the molecule is C/C=C/C(=O)c1c(O)cc(C)cc1O. The van der Waals surface area contributed by atoms with Gasteiger partial charge in [0.15, 0.2) is 5.78 Å². The highest BCUT2D eigenvalue weighted by molar-refractivity contribution is 6.08. The summed E-state index contributed by atoms with van der Waals surface area (Å²) in [5.41, 5.74) is 0.658. The number of ketones is 1. The molecule has 1 aromatic rings. The number of phenolic OH excluding ortho intramolecular Hbond substituents is 2. The number of benzene rings is 1. The van der Waals surface area contributed by atoms with Crippen LogP contribution in [0.3, 0.4) is 0 Å². The van der Waals surface area contributed by atoms with Crippen molar-refractivity contribution in [2.45, 2.75) is 13.8 Å². The second-order valence-corrected chi connectivity index (χ2v) is 3.04. The average Bonchev–Trinajstić information content (AvgIpc) is 2.01. The highest BCUT2D eigenvalue weighted by Gasteiger charge is 2.13. The molecule has 0 atom stereocenters. The van der Waals surface area contributed by atoms with Crippen LogP contribution in [-0.2, 0) is 0 Å². The summed E-state index contributed by atoms with van der Waals surface area (Å²) in [6, 6.07) is 2.88. The Morgan fingerprint density at radius 2 is 1.79 bits per heavy atom. The Balaban J connectivity index is 3.27.